The van der Waals surface area contributed by atoms with E-state index in [0.717, 1.165) is 6.54 Å². The number of carbonyl (C=O) groups is 1. The maximum absolute atomic E-state index is 10.7. The molecule has 1 aliphatic carbocycles. The molecule has 1 aromatic carbocycles. The van der Waals surface area contributed by atoms with Gasteiger partial charge in [-0.3, -0.25) is 4.79 Å². The Kier molecular flexibility index (Phi) is 4.37. The SMILES string of the molecule is CC(CNCc1ccc2c(c1)CCCC2)C(=O)O. The van der Waals surface area contributed by atoms with Gasteiger partial charge in [0.15, 0.2) is 0 Å². The molecule has 2 rings (SSSR count). The number of aliphatic carboxylic acids is 1. The first-order chi connectivity index (χ1) is 8.66. The van der Waals surface area contributed by atoms with Gasteiger partial charge in [0, 0.05) is 13.1 Å². The van der Waals surface area contributed by atoms with E-state index in [1.807, 2.05) is 0 Å². The van der Waals surface area contributed by atoms with Gasteiger partial charge in [-0.2, -0.15) is 0 Å². The molecule has 0 bridgehead atoms. The molecule has 0 saturated carbocycles. The number of hydrogen-bond donors (Lipinski definition) is 2. The van der Waals surface area contributed by atoms with Gasteiger partial charge in [0.05, 0.1) is 5.92 Å². The van der Waals surface area contributed by atoms with Crippen molar-refractivity contribution >= 4 is 5.97 Å². The molecule has 18 heavy (non-hydrogen) atoms. The lowest BCUT2D eigenvalue weighted by Crippen LogP contribution is -2.26. The number of carboxylic acid groups (broad SMARTS) is 1. The summed E-state index contributed by atoms with van der Waals surface area (Å²) in [5.41, 5.74) is 4.23. The molecule has 1 aromatic rings. The van der Waals surface area contributed by atoms with E-state index < -0.39 is 5.97 Å². The molecule has 1 aliphatic rings. The first kappa shape index (κ1) is 13.1. The van der Waals surface area contributed by atoms with E-state index in [2.05, 4.69) is 23.5 Å². The zero-order valence-corrected chi connectivity index (χ0v) is 10.9. The molecule has 3 heteroatoms. The highest BCUT2D eigenvalue weighted by Crippen LogP contribution is 2.22. The zero-order valence-electron chi connectivity index (χ0n) is 10.9. The molecule has 0 radical (unpaired) electrons. The molecular weight excluding hydrogens is 226 g/mol. The highest BCUT2D eigenvalue weighted by molar-refractivity contribution is 5.69. The summed E-state index contributed by atoms with van der Waals surface area (Å²) in [5.74, 6) is -1.07. The molecule has 3 nitrogen and oxygen atoms in total. The Morgan fingerprint density at radius 3 is 2.78 bits per heavy atom. The summed E-state index contributed by atoms with van der Waals surface area (Å²) in [7, 11) is 0. The van der Waals surface area contributed by atoms with Gasteiger partial charge in [-0.15, -0.1) is 0 Å². The van der Waals surface area contributed by atoms with Crippen molar-refractivity contribution in [2.75, 3.05) is 6.54 Å². The van der Waals surface area contributed by atoms with E-state index in [1.165, 1.54) is 42.4 Å². The maximum Gasteiger partial charge on any atom is 0.307 e. The van der Waals surface area contributed by atoms with Crippen LogP contribution in [0, 0.1) is 5.92 Å². The lowest BCUT2D eigenvalue weighted by molar-refractivity contribution is -0.140. The zero-order chi connectivity index (χ0) is 13.0. The minimum Gasteiger partial charge on any atom is -0.481 e. The topological polar surface area (TPSA) is 49.3 Å². The second-order valence-electron chi connectivity index (χ2n) is 5.18. The van der Waals surface area contributed by atoms with Crippen molar-refractivity contribution in [2.24, 2.45) is 5.92 Å². The Balaban J connectivity index is 1.88. The van der Waals surface area contributed by atoms with Crippen LogP contribution in [0.1, 0.15) is 36.5 Å². The van der Waals surface area contributed by atoms with Crippen molar-refractivity contribution < 1.29 is 9.90 Å². The molecule has 0 aliphatic heterocycles. The van der Waals surface area contributed by atoms with Crippen LogP contribution in [0.3, 0.4) is 0 Å². The largest absolute Gasteiger partial charge is 0.481 e. The molecule has 98 valence electrons. The minimum absolute atomic E-state index is 0.331. The summed E-state index contributed by atoms with van der Waals surface area (Å²) in [6.45, 7) is 3.00. The summed E-state index contributed by atoms with van der Waals surface area (Å²) < 4.78 is 0. The summed E-state index contributed by atoms with van der Waals surface area (Å²) >= 11 is 0. The Hall–Kier alpha value is -1.35. The molecule has 1 atom stereocenters. The molecule has 0 aromatic heterocycles. The van der Waals surface area contributed by atoms with Crippen molar-refractivity contribution in [1.82, 2.24) is 5.32 Å². The highest BCUT2D eigenvalue weighted by atomic mass is 16.4. The minimum atomic E-state index is -0.743. The molecule has 0 fully saturated rings. The van der Waals surface area contributed by atoms with Gasteiger partial charge in [-0.05, 0) is 42.4 Å². The van der Waals surface area contributed by atoms with Crippen LogP contribution in [-0.4, -0.2) is 17.6 Å². The van der Waals surface area contributed by atoms with Crippen LogP contribution in [0.25, 0.3) is 0 Å². The lowest BCUT2D eigenvalue weighted by Gasteiger charge is -2.17. The van der Waals surface area contributed by atoms with Gasteiger partial charge >= 0.3 is 5.97 Å². The van der Waals surface area contributed by atoms with Crippen LogP contribution in [0.5, 0.6) is 0 Å². The summed E-state index contributed by atoms with van der Waals surface area (Å²) in [4.78, 5) is 10.7. The first-order valence-corrected chi connectivity index (χ1v) is 6.71. The number of aryl methyl sites for hydroxylation is 2. The normalized spacial score (nSPS) is 16.1. The van der Waals surface area contributed by atoms with Crippen LogP contribution in [0.4, 0.5) is 0 Å². The van der Waals surface area contributed by atoms with E-state index in [9.17, 15) is 4.79 Å². The molecule has 0 amide bonds. The second-order valence-corrected chi connectivity index (χ2v) is 5.18. The summed E-state index contributed by atoms with van der Waals surface area (Å²) in [6.07, 6.45) is 4.99. The number of rotatable bonds is 5. The number of hydrogen-bond acceptors (Lipinski definition) is 2. The lowest BCUT2D eigenvalue weighted by atomic mass is 9.90. The number of nitrogens with one attached hydrogen (secondary N) is 1. The van der Waals surface area contributed by atoms with Crippen LogP contribution in [0.15, 0.2) is 18.2 Å². The van der Waals surface area contributed by atoms with Gasteiger partial charge in [0.25, 0.3) is 0 Å². The van der Waals surface area contributed by atoms with E-state index in [-0.39, 0.29) is 5.92 Å². The van der Waals surface area contributed by atoms with Crippen molar-refractivity contribution in [3.8, 4) is 0 Å². The average molecular weight is 247 g/mol. The molecule has 0 heterocycles. The monoisotopic (exact) mass is 247 g/mol. The molecule has 0 saturated heterocycles. The summed E-state index contributed by atoms with van der Waals surface area (Å²) in [6, 6.07) is 6.65. The standard InChI is InChI=1S/C15H21NO2/c1-11(15(17)18)9-16-10-12-6-7-13-4-2-3-5-14(13)8-12/h6-8,11,16H,2-5,9-10H2,1H3,(H,17,18). The third kappa shape index (κ3) is 3.33. The van der Waals surface area contributed by atoms with Gasteiger partial charge in [-0.25, -0.2) is 0 Å². The Morgan fingerprint density at radius 1 is 1.33 bits per heavy atom. The van der Waals surface area contributed by atoms with Crippen molar-refractivity contribution in [1.29, 1.82) is 0 Å². The Bertz CT molecular complexity index is 429. The second kappa shape index (κ2) is 6.01. The van der Waals surface area contributed by atoms with Gasteiger partial charge in [-0.1, -0.05) is 25.1 Å². The van der Waals surface area contributed by atoms with Gasteiger partial charge in [0.1, 0.15) is 0 Å². The fourth-order valence-electron chi connectivity index (χ4n) is 2.42. The quantitative estimate of drug-likeness (QED) is 0.840. The average Bonchev–Trinajstić information content (AvgIpc) is 2.38. The van der Waals surface area contributed by atoms with Crippen LogP contribution in [0.2, 0.25) is 0 Å². The fraction of sp³-hybridized carbons (Fsp3) is 0.533. The van der Waals surface area contributed by atoms with Crippen LogP contribution >= 0.6 is 0 Å². The predicted molar refractivity (Wildman–Crippen MR) is 71.6 cm³/mol. The Morgan fingerprint density at radius 2 is 2.06 bits per heavy atom. The predicted octanol–water partition coefficient (Wildman–Crippen LogP) is 2.38. The first-order valence-electron chi connectivity index (χ1n) is 6.71. The number of carboxylic acids is 1. The molecular formula is C15H21NO2. The van der Waals surface area contributed by atoms with Gasteiger partial charge in [0.2, 0.25) is 0 Å². The molecule has 2 N–H and O–H groups in total. The van der Waals surface area contributed by atoms with Gasteiger partial charge < -0.3 is 10.4 Å². The third-order valence-electron chi connectivity index (χ3n) is 3.61. The van der Waals surface area contributed by atoms with E-state index in [4.69, 9.17) is 5.11 Å². The maximum atomic E-state index is 10.7. The molecule has 0 spiro atoms. The van der Waals surface area contributed by atoms with Crippen LogP contribution in [-0.2, 0) is 24.2 Å². The number of fused-ring (bicyclic) bond motifs is 1. The molecule has 1 unspecified atom stereocenters. The summed E-state index contributed by atoms with van der Waals surface area (Å²) in [5, 5.41) is 12.0. The van der Waals surface area contributed by atoms with E-state index >= 15 is 0 Å². The van der Waals surface area contributed by atoms with E-state index in [0.29, 0.717) is 6.54 Å². The van der Waals surface area contributed by atoms with Crippen molar-refractivity contribution in [3.05, 3.63) is 34.9 Å². The van der Waals surface area contributed by atoms with Crippen molar-refractivity contribution in [2.45, 2.75) is 39.2 Å². The Labute approximate surface area is 108 Å². The smallest absolute Gasteiger partial charge is 0.307 e. The fourth-order valence-corrected chi connectivity index (χ4v) is 2.42. The van der Waals surface area contributed by atoms with Crippen LogP contribution < -0.4 is 5.32 Å². The van der Waals surface area contributed by atoms with Crippen molar-refractivity contribution in [3.63, 3.8) is 0 Å². The number of benzene rings is 1. The third-order valence-corrected chi connectivity index (χ3v) is 3.61. The highest BCUT2D eigenvalue weighted by Gasteiger charge is 2.11. The van der Waals surface area contributed by atoms with E-state index in [1.54, 1.807) is 6.92 Å².